The average Bonchev–Trinajstić information content (AvgIpc) is 2.47. The summed E-state index contributed by atoms with van der Waals surface area (Å²) in [6.45, 7) is 4.55. The van der Waals surface area contributed by atoms with Gasteiger partial charge in [-0.25, -0.2) is 4.99 Å². The highest BCUT2D eigenvalue weighted by Crippen LogP contribution is 2.13. The van der Waals surface area contributed by atoms with Crippen molar-refractivity contribution in [3.8, 4) is 0 Å². The molecule has 0 aliphatic carbocycles. The van der Waals surface area contributed by atoms with Gasteiger partial charge in [-0.05, 0) is 19.9 Å². The number of aryl methyl sites for hydroxylation is 1. The molecule has 0 fully saturated rings. The highest BCUT2D eigenvalue weighted by Gasteiger charge is 2.12. The molecule has 3 N–H and O–H groups in total. The Kier molecular flexibility index (Phi) is 1.99. The monoisotopic (exact) mass is 191 g/mol. The van der Waals surface area contributed by atoms with Crippen molar-refractivity contribution in [2.24, 2.45) is 4.99 Å². The summed E-state index contributed by atoms with van der Waals surface area (Å²) in [4.78, 5) is 4.25. The second-order valence-corrected chi connectivity index (χ2v) is 3.22. The lowest BCUT2D eigenvalue weighted by Gasteiger charge is -2.10. The number of anilines is 1. The second kappa shape index (κ2) is 3.17. The minimum atomic E-state index is 0.643. The van der Waals surface area contributed by atoms with Gasteiger partial charge in [-0.15, -0.1) is 0 Å². The van der Waals surface area contributed by atoms with Crippen LogP contribution in [0.1, 0.15) is 11.3 Å². The summed E-state index contributed by atoms with van der Waals surface area (Å²) < 4.78 is 1.63. The van der Waals surface area contributed by atoms with E-state index in [0.29, 0.717) is 18.3 Å². The molecule has 0 bridgehead atoms. The van der Waals surface area contributed by atoms with Crippen LogP contribution in [0.3, 0.4) is 0 Å². The Morgan fingerprint density at radius 1 is 1.50 bits per heavy atom. The zero-order valence-electron chi connectivity index (χ0n) is 8.28. The first-order valence-corrected chi connectivity index (χ1v) is 4.48. The van der Waals surface area contributed by atoms with Gasteiger partial charge in [0.1, 0.15) is 5.82 Å². The van der Waals surface area contributed by atoms with Gasteiger partial charge in [0.15, 0.2) is 0 Å². The maximum Gasteiger partial charge on any atom is 0.225 e. The van der Waals surface area contributed by atoms with Gasteiger partial charge in [0.05, 0.1) is 12.2 Å². The Balaban J connectivity index is 2.41. The third-order valence-electron chi connectivity index (χ3n) is 2.28. The summed E-state index contributed by atoms with van der Waals surface area (Å²) in [5.41, 5.74) is 7.83. The molecule has 0 atom stereocenters. The van der Waals surface area contributed by atoms with Crippen LogP contribution in [0.4, 0.5) is 5.82 Å². The number of nitrogen functional groups attached to an aromatic ring is 1. The third kappa shape index (κ3) is 1.26. The molecule has 1 aliphatic heterocycles. The zero-order chi connectivity index (χ0) is 10.1. The summed E-state index contributed by atoms with van der Waals surface area (Å²) in [5.74, 6) is 1.32. The summed E-state index contributed by atoms with van der Waals surface area (Å²) in [6, 6.07) is 0. The Morgan fingerprint density at radius 3 is 2.79 bits per heavy atom. The van der Waals surface area contributed by atoms with Crippen molar-refractivity contribution in [2.45, 2.75) is 13.8 Å². The van der Waals surface area contributed by atoms with E-state index in [4.69, 9.17) is 5.73 Å². The number of nitrogens with zero attached hydrogens (tertiary/aromatic N) is 3. The number of hydrogen-bond acceptors (Lipinski definition) is 4. The molecule has 5 nitrogen and oxygen atoms in total. The maximum atomic E-state index is 5.89. The molecule has 1 aromatic rings. The molecule has 0 unspecified atom stereocenters. The Hall–Kier alpha value is -1.78. The van der Waals surface area contributed by atoms with Crippen LogP contribution >= 0.6 is 0 Å². The average molecular weight is 191 g/mol. The number of rotatable bonds is 0. The first kappa shape index (κ1) is 8.80. The van der Waals surface area contributed by atoms with E-state index in [1.807, 2.05) is 26.1 Å². The second-order valence-electron chi connectivity index (χ2n) is 3.22. The molecular weight excluding hydrogens is 178 g/mol. The van der Waals surface area contributed by atoms with Crippen LogP contribution in [0.15, 0.2) is 17.3 Å². The molecule has 14 heavy (non-hydrogen) atoms. The SMILES string of the molecule is Cc1nn(C2=NCC=CN2)c(N)c1C. The molecule has 0 spiro atoms. The van der Waals surface area contributed by atoms with Gasteiger partial charge in [-0.1, -0.05) is 0 Å². The van der Waals surface area contributed by atoms with Gasteiger partial charge >= 0.3 is 0 Å². The van der Waals surface area contributed by atoms with E-state index >= 15 is 0 Å². The van der Waals surface area contributed by atoms with E-state index in [9.17, 15) is 0 Å². The van der Waals surface area contributed by atoms with Crippen molar-refractivity contribution in [3.05, 3.63) is 23.5 Å². The fraction of sp³-hybridized carbons (Fsp3) is 0.333. The van der Waals surface area contributed by atoms with E-state index in [2.05, 4.69) is 15.4 Å². The zero-order valence-corrected chi connectivity index (χ0v) is 8.28. The lowest BCUT2D eigenvalue weighted by Crippen LogP contribution is -2.30. The standard InChI is InChI=1S/C9H13N5/c1-6-7(2)13-14(8(6)10)9-11-4-3-5-12-9/h3-4H,5,10H2,1-2H3,(H,11,12). The molecule has 2 rings (SSSR count). The topological polar surface area (TPSA) is 68.2 Å². The van der Waals surface area contributed by atoms with Gasteiger partial charge in [-0.3, -0.25) is 0 Å². The van der Waals surface area contributed by atoms with Gasteiger partial charge in [-0.2, -0.15) is 9.78 Å². The highest BCUT2D eigenvalue weighted by molar-refractivity contribution is 5.86. The number of aromatic nitrogens is 2. The van der Waals surface area contributed by atoms with Crippen molar-refractivity contribution in [1.29, 1.82) is 0 Å². The number of nitrogens with one attached hydrogen (secondary N) is 1. The molecule has 5 heteroatoms. The number of aliphatic imine (C=N–C) groups is 1. The normalized spacial score (nSPS) is 15.1. The quantitative estimate of drug-likeness (QED) is 0.623. The first-order valence-electron chi connectivity index (χ1n) is 4.48. The van der Waals surface area contributed by atoms with E-state index < -0.39 is 0 Å². The highest BCUT2D eigenvalue weighted by atomic mass is 15.4. The van der Waals surface area contributed by atoms with Crippen LogP contribution in [-0.4, -0.2) is 22.3 Å². The maximum absolute atomic E-state index is 5.89. The van der Waals surface area contributed by atoms with E-state index in [-0.39, 0.29) is 0 Å². The molecule has 0 amide bonds. The molecule has 74 valence electrons. The lowest BCUT2D eigenvalue weighted by molar-refractivity contribution is 0.864. The number of nitrogens with two attached hydrogens (primary N) is 1. The van der Waals surface area contributed by atoms with E-state index in [0.717, 1.165) is 11.3 Å². The Labute approximate surface area is 82.3 Å². The minimum absolute atomic E-state index is 0.643. The fourth-order valence-corrected chi connectivity index (χ4v) is 1.28. The summed E-state index contributed by atoms with van der Waals surface area (Å²) >= 11 is 0. The van der Waals surface area contributed by atoms with E-state index in [1.165, 1.54) is 0 Å². The minimum Gasteiger partial charge on any atom is -0.383 e. The predicted octanol–water partition coefficient (Wildman–Crippen LogP) is 0.403. The van der Waals surface area contributed by atoms with Crippen molar-refractivity contribution in [3.63, 3.8) is 0 Å². The van der Waals surface area contributed by atoms with Gasteiger partial charge in [0.25, 0.3) is 0 Å². The molecule has 1 aromatic heterocycles. The van der Waals surface area contributed by atoms with Crippen molar-refractivity contribution >= 4 is 11.8 Å². The summed E-state index contributed by atoms with van der Waals surface area (Å²) in [7, 11) is 0. The molecular formula is C9H13N5. The molecule has 2 heterocycles. The Morgan fingerprint density at radius 2 is 2.29 bits per heavy atom. The van der Waals surface area contributed by atoms with Crippen LogP contribution in [0, 0.1) is 13.8 Å². The molecule has 0 radical (unpaired) electrons. The van der Waals surface area contributed by atoms with Gasteiger partial charge < -0.3 is 11.1 Å². The number of hydrogen-bond donors (Lipinski definition) is 2. The lowest BCUT2D eigenvalue weighted by atomic mass is 10.3. The summed E-state index contributed by atoms with van der Waals surface area (Å²) in [6.07, 6.45) is 3.77. The van der Waals surface area contributed by atoms with Crippen LogP contribution in [0.25, 0.3) is 0 Å². The third-order valence-corrected chi connectivity index (χ3v) is 2.28. The molecule has 0 aromatic carbocycles. The van der Waals surface area contributed by atoms with Crippen LogP contribution < -0.4 is 11.1 Å². The van der Waals surface area contributed by atoms with Gasteiger partial charge in [0, 0.05) is 11.8 Å². The van der Waals surface area contributed by atoms with Crippen LogP contribution in [-0.2, 0) is 0 Å². The largest absolute Gasteiger partial charge is 0.383 e. The van der Waals surface area contributed by atoms with Crippen molar-refractivity contribution < 1.29 is 0 Å². The van der Waals surface area contributed by atoms with Crippen LogP contribution in [0.2, 0.25) is 0 Å². The Bertz CT molecular complexity index is 413. The molecule has 0 saturated heterocycles. The molecule has 0 saturated carbocycles. The summed E-state index contributed by atoms with van der Waals surface area (Å²) in [5, 5.41) is 7.30. The first-order chi connectivity index (χ1) is 6.70. The molecule has 1 aliphatic rings. The van der Waals surface area contributed by atoms with Crippen LogP contribution in [0.5, 0.6) is 0 Å². The van der Waals surface area contributed by atoms with E-state index in [1.54, 1.807) is 4.68 Å². The van der Waals surface area contributed by atoms with Crippen molar-refractivity contribution in [2.75, 3.05) is 12.3 Å². The predicted molar refractivity (Wildman–Crippen MR) is 56.1 cm³/mol. The van der Waals surface area contributed by atoms with Gasteiger partial charge in [0.2, 0.25) is 5.96 Å². The smallest absolute Gasteiger partial charge is 0.225 e. The fourth-order valence-electron chi connectivity index (χ4n) is 1.28. The van der Waals surface area contributed by atoms with Crippen molar-refractivity contribution in [1.82, 2.24) is 15.1 Å².